The summed E-state index contributed by atoms with van der Waals surface area (Å²) in [7, 11) is 1.59. The topological polar surface area (TPSA) is 70.7 Å². The van der Waals surface area contributed by atoms with Crippen molar-refractivity contribution in [3.05, 3.63) is 24.3 Å². The molecule has 1 heterocycles. The molecule has 1 unspecified atom stereocenters. The Morgan fingerprint density at radius 1 is 1.40 bits per heavy atom. The van der Waals surface area contributed by atoms with Crippen molar-refractivity contribution in [2.45, 2.75) is 25.9 Å². The molecule has 1 saturated heterocycles. The van der Waals surface area contributed by atoms with Crippen LogP contribution in [0.5, 0.6) is 5.75 Å². The van der Waals surface area contributed by atoms with Crippen LogP contribution < -0.4 is 20.3 Å². The second-order valence-corrected chi connectivity index (χ2v) is 4.97. The van der Waals surface area contributed by atoms with Crippen LogP contribution in [0.15, 0.2) is 24.3 Å². The van der Waals surface area contributed by atoms with E-state index in [2.05, 4.69) is 10.6 Å². The molecule has 0 aromatic heterocycles. The molecule has 1 aliphatic heterocycles. The summed E-state index contributed by atoms with van der Waals surface area (Å²) < 4.78 is 5.08. The van der Waals surface area contributed by atoms with E-state index in [9.17, 15) is 9.59 Å². The number of anilines is 1. The first-order chi connectivity index (χ1) is 9.51. The molecular formula is C14H19N3O3. The molecule has 1 aromatic carbocycles. The van der Waals surface area contributed by atoms with Gasteiger partial charge in [-0.2, -0.15) is 0 Å². The average Bonchev–Trinajstić information content (AvgIpc) is 2.80. The van der Waals surface area contributed by atoms with Crippen LogP contribution >= 0.6 is 0 Å². The van der Waals surface area contributed by atoms with Gasteiger partial charge in [-0.15, -0.1) is 0 Å². The molecule has 1 aromatic rings. The number of carbonyl (C=O) groups excluding carboxylic acids is 2. The SMILES string of the molecule is COc1ccc(N2CC(C(=O)NC(C)C)NC2=O)cc1. The Kier molecular flexibility index (Phi) is 4.12. The Morgan fingerprint density at radius 3 is 2.60 bits per heavy atom. The zero-order chi connectivity index (χ0) is 14.7. The fourth-order valence-corrected chi connectivity index (χ4v) is 2.06. The van der Waals surface area contributed by atoms with Gasteiger partial charge in [0.25, 0.3) is 0 Å². The van der Waals surface area contributed by atoms with Crippen molar-refractivity contribution >= 4 is 17.6 Å². The lowest BCUT2D eigenvalue weighted by molar-refractivity contribution is -0.122. The lowest BCUT2D eigenvalue weighted by Crippen LogP contribution is -2.45. The van der Waals surface area contributed by atoms with Gasteiger partial charge in [0.2, 0.25) is 5.91 Å². The van der Waals surface area contributed by atoms with Crippen LogP contribution in [0.4, 0.5) is 10.5 Å². The van der Waals surface area contributed by atoms with Crippen LogP contribution in [0, 0.1) is 0 Å². The van der Waals surface area contributed by atoms with E-state index in [1.54, 1.807) is 36.3 Å². The molecule has 2 rings (SSSR count). The third-order valence-electron chi connectivity index (χ3n) is 3.04. The summed E-state index contributed by atoms with van der Waals surface area (Å²) >= 11 is 0. The second-order valence-electron chi connectivity index (χ2n) is 4.97. The van der Waals surface area contributed by atoms with Gasteiger partial charge >= 0.3 is 6.03 Å². The van der Waals surface area contributed by atoms with Crippen LogP contribution in [0.3, 0.4) is 0 Å². The van der Waals surface area contributed by atoms with E-state index in [1.807, 2.05) is 13.8 Å². The first-order valence-electron chi connectivity index (χ1n) is 6.53. The highest BCUT2D eigenvalue weighted by atomic mass is 16.5. The molecule has 1 fully saturated rings. The molecule has 6 heteroatoms. The van der Waals surface area contributed by atoms with E-state index in [0.29, 0.717) is 6.54 Å². The minimum atomic E-state index is -0.521. The summed E-state index contributed by atoms with van der Waals surface area (Å²) in [5.74, 6) is 0.562. The number of amides is 3. The second kappa shape index (κ2) is 5.81. The number of rotatable bonds is 4. The summed E-state index contributed by atoms with van der Waals surface area (Å²) in [6, 6.07) is 6.41. The third-order valence-corrected chi connectivity index (χ3v) is 3.04. The molecule has 1 aliphatic rings. The first-order valence-corrected chi connectivity index (χ1v) is 6.53. The quantitative estimate of drug-likeness (QED) is 0.866. The maximum Gasteiger partial charge on any atom is 0.322 e. The number of nitrogens with one attached hydrogen (secondary N) is 2. The van der Waals surface area contributed by atoms with E-state index < -0.39 is 6.04 Å². The minimum absolute atomic E-state index is 0.0504. The van der Waals surface area contributed by atoms with Crippen molar-refractivity contribution in [1.82, 2.24) is 10.6 Å². The molecule has 0 spiro atoms. The molecule has 0 radical (unpaired) electrons. The lowest BCUT2D eigenvalue weighted by atomic mass is 10.2. The van der Waals surface area contributed by atoms with Crippen molar-refractivity contribution in [2.75, 3.05) is 18.6 Å². The van der Waals surface area contributed by atoms with E-state index >= 15 is 0 Å². The zero-order valence-corrected chi connectivity index (χ0v) is 11.8. The van der Waals surface area contributed by atoms with Gasteiger partial charge in [-0.05, 0) is 38.1 Å². The van der Waals surface area contributed by atoms with Gasteiger partial charge < -0.3 is 15.4 Å². The molecular weight excluding hydrogens is 258 g/mol. The normalized spacial score (nSPS) is 18.1. The standard InChI is InChI=1S/C14H19N3O3/c1-9(2)15-13(18)12-8-17(14(19)16-12)10-4-6-11(20-3)7-5-10/h4-7,9,12H,8H2,1-3H3,(H,15,18)(H,16,19). The van der Waals surface area contributed by atoms with Crippen LogP contribution in [-0.2, 0) is 4.79 Å². The number of ether oxygens (including phenoxy) is 1. The fraction of sp³-hybridized carbons (Fsp3) is 0.429. The summed E-state index contributed by atoms with van der Waals surface area (Å²) in [6.45, 7) is 4.09. The fourth-order valence-electron chi connectivity index (χ4n) is 2.06. The number of methoxy groups -OCH3 is 1. The van der Waals surface area contributed by atoms with E-state index in [-0.39, 0.29) is 18.0 Å². The van der Waals surface area contributed by atoms with Gasteiger partial charge in [0.15, 0.2) is 0 Å². The van der Waals surface area contributed by atoms with Gasteiger partial charge in [-0.3, -0.25) is 9.69 Å². The van der Waals surface area contributed by atoms with Crippen molar-refractivity contribution in [2.24, 2.45) is 0 Å². The highest BCUT2D eigenvalue weighted by molar-refractivity contribution is 6.00. The number of hydrogen-bond donors (Lipinski definition) is 2. The largest absolute Gasteiger partial charge is 0.497 e. The predicted octanol–water partition coefficient (Wildman–Crippen LogP) is 1.12. The lowest BCUT2D eigenvalue weighted by Gasteiger charge is -2.15. The van der Waals surface area contributed by atoms with Crippen LogP contribution in [0.2, 0.25) is 0 Å². The number of hydrogen-bond acceptors (Lipinski definition) is 3. The first kappa shape index (κ1) is 14.2. The molecule has 3 amide bonds. The smallest absolute Gasteiger partial charge is 0.322 e. The van der Waals surface area contributed by atoms with Crippen molar-refractivity contribution in [1.29, 1.82) is 0 Å². The van der Waals surface area contributed by atoms with Gasteiger partial charge in [-0.25, -0.2) is 4.79 Å². The molecule has 108 valence electrons. The molecule has 1 atom stereocenters. The van der Waals surface area contributed by atoms with Crippen molar-refractivity contribution < 1.29 is 14.3 Å². The number of nitrogens with zero attached hydrogens (tertiary/aromatic N) is 1. The monoisotopic (exact) mass is 277 g/mol. The molecule has 6 nitrogen and oxygen atoms in total. The summed E-state index contributed by atoms with van der Waals surface area (Å²) in [5.41, 5.74) is 0.739. The highest BCUT2D eigenvalue weighted by Crippen LogP contribution is 2.21. The molecule has 0 saturated carbocycles. The van der Waals surface area contributed by atoms with Crippen molar-refractivity contribution in [3.8, 4) is 5.75 Å². The van der Waals surface area contributed by atoms with E-state index in [0.717, 1.165) is 11.4 Å². The highest BCUT2D eigenvalue weighted by Gasteiger charge is 2.34. The number of carbonyl (C=O) groups is 2. The summed E-state index contributed by atoms with van der Waals surface area (Å²) in [5, 5.41) is 5.48. The Labute approximate surface area is 118 Å². The van der Waals surface area contributed by atoms with E-state index in [1.165, 1.54) is 0 Å². The number of benzene rings is 1. The Bertz CT molecular complexity index is 499. The Morgan fingerprint density at radius 2 is 2.05 bits per heavy atom. The zero-order valence-electron chi connectivity index (χ0n) is 11.8. The molecule has 0 bridgehead atoms. The van der Waals surface area contributed by atoms with Gasteiger partial charge in [0.1, 0.15) is 11.8 Å². The summed E-state index contributed by atoms with van der Waals surface area (Å²) in [6.07, 6.45) is 0. The maximum absolute atomic E-state index is 11.9. The van der Waals surface area contributed by atoms with Gasteiger partial charge in [0.05, 0.1) is 13.7 Å². The Balaban J connectivity index is 2.06. The van der Waals surface area contributed by atoms with Crippen molar-refractivity contribution in [3.63, 3.8) is 0 Å². The third kappa shape index (κ3) is 3.01. The maximum atomic E-state index is 11.9. The van der Waals surface area contributed by atoms with Crippen LogP contribution in [-0.4, -0.2) is 37.7 Å². The van der Waals surface area contributed by atoms with Crippen LogP contribution in [0.25, 0.3) is 0 Å². The average molecular weight is 277 g/mol. The van der Waals surface area contributed by atoms with Crippen LogP contribution in [0.1, 0.15) is 13.8 Å². The molecule has 20 heavy (non-hydrogen) atoms. The minimum Gasteiger partial charge on any atom is -0.497 e. The number of urea groups is 1. The van der Waals surface area contributed by atoms with Gasteiger partial charge in [-0.1, -0.05) is 0 Å². The predicted molar refractivity (Wildman–Crippen MR) is 75.9 cm³/mol. The van der Waals surface area contributed by atoms with Gasteiger partial charge in [0, 0.05) is 11.7 Å². The van der Waals surface area contributed by atoms with E-state index in [4.69, 9.17) is 4.74 Å². The summed E-state index contributed by atoms with van der Waals surface area (Å²) in [4.78, 5) is 25.4. The molecule has 0 aliphatic carbocycles. The molecule has 2 N–H and O–H groups in total. The Hall–Kier alpha value is -2.24.